The van der Waals surface area contributed by atoms with Crippen molar-refractivity contribution in [2.45, 2.75) is 19.1 Å². The molecule has 1 N–H and O–H groups in total. The monoisotopic (exact) mass is 274 g/mol. The molecule has 1 atom stereocenters. The number of rotatable bonds is 4. The molecule has 3 nitrogen and oxygen atoms in total. The van der Waals surface area contributed by atoms with Gasteiger partial charge in [0, 0.05) is 20.1 Å². The topological polar surface area (TPSA) is 32.3 Å². The third-order valence-electron chi connectivity index (χ3n) is 2.80. The summed E-state index contributed by atoms with van der Waals surface area (Å²) >= 11 is 0. The van der Waals surface area contributed by atoms with E-state index in [0.717, 1.165) is 12.1 Å². The maximum Gasteiger partial charge on any atom is 0.416 e. The van der Waals surface area contributed by atoms with Crippen LogP contribution < -0.4 is 5.32 Å². The smallest absolute Gasteiger partial charge is 0.348 e. The molecule has 0 radical (unpaired) electrons. The minimum Gasteiger partial charge on any atom is -0.348 e. The highest BCUT2D eigenvalue weighted by molar-refractivity contribution is 5.77. The van der Waals surface area contributed by atoms with E-state index in [1.807, 2.05) is 0 Å². The van der Waals surface area contributed by atoms with Gasteiger partial charge in [-0.15, -0.1) is 0 Å². The van der Waals surface area contributed by atoms with Crippen molar-refractivity contribution in [3.05, 3.63) is 35.4 Å². The van der Waals surface area contributed by atoms with Crippen molar-refractivity contribution >= 4 is 5.91 Å². The summed E-state index contributed by atoms with van der Waals surface area (Å²) in [6.07, 6.45) is -4.32. The fraction of sp³-hybridized carbons (Fsp3) is 0.462. The number of halogens is 3. The van der Waals surface area contributed by atoms with Crippen LogP contribution in [-0.4, -0.2) is 31.4 Å². The van der Waals surface area contributed by atoms with Gasteiger partial charge in [0.05, 0.1) is 12.1 Å². The summed E-state index contributed by atoms with van der Waals surface area (Å²) in [7, 11) is 3.29. The second-order valence-corrected chi connectivity index (χ2v) is 4.51. The maximum atomic E-state index is 12.4. The van der Waals surface area contributed by atoms with Crippen LogP contribution >= 0.6 is 0 Å². The SMILES string of the molecule is CC(NCC(=O)N(C)C)c1ccc(C(F)(F)F)cc1. The van der Waals surface area contributed by atoms with Crippen LogP contribution in [0.2, 0.25) is 0 Å². The van der Waals surface area contributed by atoms with Gasteiger partial charge in [-0.05, 0) is 24.6 Å². The summed E-state index contributed by atoms with van der Waals surface area (Å²) in [6, 6.07) is 4.73. The zero-order valence-corrected chi connectivity index (χ0v) is 11.1. The molecule has 1 unspecified atom stereocenters. The molecule has 19 heavy (non-hydrogen) atoms. The minimum atomic E-state index is -4.32. The van der Waals surface area contributed by atoms with E-state index in [-0.39, 0.29) is 18.5 Å². The number of alkyl halides is 3. The number of carbonyl (C=O) groups excluding carboxylic acids is 1. The Morgan fingerprint density at radius 3 is 2.21 bits per heavy atom. The van der Waals surface area contributed by atoms with E-state index >= 15 is 0 Å². The average Bonchev–Trinajstić information content (AvgIpc) is 2.34. The second-order valence-electron chi connectivity index (χ2n) is 4.51. The predicted octanol–water partition coefficient (Wildman–Crippen LogP) is 2.44. The Morgan fingerprint density at radius 2 is 1.79 bits per heavy atom. The lowest BCUT2D eigenvalue weighted by atomic mass is 10.1. The summed E-state index contributed by atoms with van der Waals surface area (Å²) in [5, 5.41) is 2.97. The van der Waals surface area contributed by atoms with Crippen molar-refractivity contribution in [3.8, 4) is 0 Å². The van der Waals surface area contributed by atoms with Gasteiger partial charge in [0.1, 0.15) is 0 Å². The summed E-state index contributed by atoms with van der Waals surface area (Å²) in [5.74, 6) is -0.0845. The van der Waals surface area contributed by atoms with Crippen LogP contribution in [0.3, 0.4) is 0 Å². The van der Waals surface area contributed by atoms with Gasteiger partial charge in [0.15, 0.2) is 0 Å². The van der Waals surface area contributed by atoms with Crippen LogP contribution in [0.25, 0.3) is 0 Å². The number of nitrogens with one attached hydrogen (secondary N) is 1. The molecule has 6 heteroatoms. The lowest BCUT2D eigenvalue weighted by molar-refractivity contribution is -0.137. The summed E-state index contributed by atoms with van der Waals surface area (Å²) < 4.78 is 37.2. The molecule has 0 aliphatic heterocycles. The molecule has 0 saturated heterocycles. The third kappa shape index (κ3) is 4.55. The molecule has 1 amide bonds. The van der Waals surface area contributed by atoms with E-state index in [1.165, 1.54) is 17.0 Å². The number of likely N-dealkylation sites (N-methyl/N-ethyl adjacent to an activating group) is 1. The minimum absolute atomic E-state index is 0.0845. The zero-order valence-electron chi connectivity index (χ0n) is 11.1. The third-order valence-corrected chi connectivity index (χ3v) is 2.80. The van der Waals surface area contributed by atoms with E-state index < -0.39 is 11.7 Å². The van der Waals surface area contributed by atoms with Gasteiger partial charge in [-0.25, -0.2) is 0 Å². The van der Waals surface area contributed by atoms with Crippen molar-refractivity contribution < 1.29 is 18.0 Å². The highest BCUT2D eigenvalue weighted by Crippen LogP contribution is 2.29. The molecule has 0 heterocycles. The first-order valence-corrected chi connectivity index (χ1v) is 5.82. The van der Waals surface area contributed by atoms with Crippen molar-refractivity contribution in [2.75, 3.05) is 20.6 Å². The normalized spacial score (nSPS) is 13.2. The molecule has 1 aromatic carbocycles. The maximum absolute atomic E-state index is 12.4. The molecule has 0 aromatic heterocycles. The first kappa shape index (κ1) is 15.5. The fourth-order valence-electron chi connectivity index (χ4n) is 1.48. The number of hydrogen-bond donors (Lipinski definition) is 1. The molecular weight excluding hydrogens is 257 g/mol. The Labute approximate surface area is 110 Å². The number of hydrogen-bond acceptors (Lipinski definition) is 2. The zero-order chi connectivity index (χ0) is 14.6. The molecule has 0 aliphatic rings. The van der Waals surface area contributed by atoms with E-state index in [1.54, 1.807) is 21.0 Å². The fourth-order valence-corrected chi connectivity index (χ4v) is 1.48. The van der Waals surface area contributed by atoms with E-state index in [4.69, 9.17) is 0 Å². The lowest BCUT2D eigenvalue weighted by Crippen LogP contribution is -2.34. The van der Waals surface area contributed by atoms with Gasteiger partial charge >= 0.3 is 6.18 Å². The predicted molar refractivity (Wildman–Crippen MR) is 66.6 cm³/mol. The molecule has 0 aliphatic carbocycles. The molecule has 0 bridgehead atoms. The van der Waals surface area contributed by atoms with Gasteiger partial charge < -0.3 is 10.2 Å². The van der Waals surface area contributed by atoms with E-state index in [2.05, 4.69) is 5.32 Å². The van der Waals surface area contributed by atoms with Gasteiger partial charge in [0.2, 0.25) is 5.91 Å². The quantitative estimate of drug-likeness (QED) is 0.914. The Bertz CT molecular complexity index is 427. The molecule has 0 fully saturated rings. The van der Waals surface area contributed by atoms with Gasteiger partial charge in [0.25, 0.3) is 0 Å². The van der Waals surface area contributed by atoms with Crippen molar-refractivity contribution in [3.63, 3.8) is 0 Å². The largest absolute Gasteiger partial charge is 0.416 e. The Hall–Kier alpha value is -1.56. The molecule has 0 saturated carbocycles. The Morgan fingerprint density at radius 1 is 1.26 bits per heavy atom. The summed E-state index contributed by atoms with van der Waals surface area (Å²) in [5.41, 5.74) is 0.0346. The number of nitrogens with zero attached hydrogens (tertiary/aromatic N) is 1. The van der Waals surface area contributed by atoms with Crippen LogP contribution in [0.5, 0.6) is 0 Å². The van der Waals surface area contributed by atoms with Crippen LogP contribution in [0.15, 0.2) is 24.3 Å². The molecule has 1 aromatic rings. The first-order chi connectivity index (χ1) is 8.71. The summed E-state index contributed by atoms with van der Waals surface area (Å²) in [6.45, 7) is 1.95. The van der Waals surface area contributed by atoms with Gasteiger partial charge in [-0.2, -0.15) is 13.2 Å². The van der Waals surface area contributed by atoms with Crippen LogP contribution in [0, 0.1) is 0 Å². The Balaban J connectivity index is 2.63. The number of amides is 1. The molecular formula is C13H17F3N2O. The van der Waals surface area contributed by atoms with Crippen molar-refractivity contribution in [2.24, 2.45) is 0 Å². The first-order valence-electron chi connectivity index (χ1n) is 5.82. The number of benzene rings is 1. The Kier molecular flexibility index (Phi) is 4.94. The van der Waals surface area contributed by atoms with Crippen molar-refractivity contribution in [1.82, 2.24) is 10.2 Å². The molecule has 0 spiro atoms. The van der Waals surface area contributed by atoms with Crippen LogP contribution in [0.1, 0.15) is 24.1 Å². The van der Waals surface area contributed by atoms with Crippen molar-refractivity contribution in [1.29, 1.82) is 0 Å². The highest BCUT2D eigenvalue weighted by Gasteiger charge is 2.30. The average molecular weight is 274 g/mol. The lowest BCUT2D eigenvalue weighted by Gasteiger charge is -2.17. The van der Waals surface area contributed by atoms with Crippen LogP contribution in [0.4, 0.5) is 13.2 Å². The second kappa shape index (κ2) is 6.06. The van der Waals surface area contributed by atoms with E-state index in [9.17, 15) is 18.0 Å². The number of carbonyl (C=O) groups is 1. The standard InChI is InChI=1S/C13H17F3N2O/c1-9(17-8-12(19)18(2)3)10-4-6-11(7-5-10)13(14,15)16/h4-7,9,17H,8H2,1-3H3. The van der Waals surface area contributed by atoms with Gasteiger partial charge in [-0.3, -0.25) is 4.79 Å². The molecule has 106 valence electrons. The summed E-state index contributed by atoms with van der Waals surface area (Å²) in [4.78, 5) is 12.8. The van der Waals surface area contributed by atoms with Gasteiger partial charge in [-0.1, -0.05) is 12.1 Å². The molecule has 1 rings (SSSR count). The highest BCUT2D eigenvalue weighted by atomic mass is 19.4. The van der Waals surface area contributed by atoms with E-state index in [0.29, 0.717) is 5.56 Å². The van der Waals surface area contributed by atoms with Crippen LogP contribution in [-0.2, 0) is 11.0 Å².